The first-order chi connectivity index (χ1) is 10.1. The molecular weight excluding hydrogens is 308 g/mol. The second-order valence-corrected chi connectivity index (χ2v) is 5.84. The number of benzene rings is 2. The normalized spacial score (nSPS) is 10.4. The lowest BCUT2D eigenvalue weighted by Crippen LogP contribution is -1.97. The molecule has 0 aliphatic heterocycles. The van der Waals surface area contributed by atoms with Gasteiger partial charge in [0.25, 0.3) is 5.69 Å². The molecule has 0 amide bonds. The Morgan fingerprint density at radius 2 is 2.00 bits per heavy atom. The summed E-state index contributed by atoms with van der Waals surface area (Å²) in [6.45, 7) is 0. The number of halogens is 1. The van der Waals surface area contributed by atoms with Gasteiger partial charge in [0, 0.05) is 29.6 Å². The topological polar surface area (TPSA) is 55.2 Å². The summed E-state index contributed by atoms with van der Waals surface area (Å²) >= 11 is 7.78. The van der Waals surface area contributed by atoms with Crippen LogP contribution in [0.1, 0.15) is 11.1 Å². The first-order valence-corrected chi connectivity index (χ1v) is 7.91. The third kappa shape index (κ3) is 4.12. The molecule has 0 aliphatic carbocycles. The molecule has 0 saturated heterocycles. The van der Waals surface area contributed by atoms with Gasteiger partial charge in [0.15, 0.2) is 0 Å². The molecule has 21 heavy (non-hydrogen) atoms. The lowest BCUT2D eigenvalue weighted by molar-refractivity contribution is -0.384. The number of nitro groups is 1. The summed E-state index contributed by atoms with van der Waals surface area (Å²) in [4.78, 5) is 10.6. The Kier molecular flexibility index (Phi) is 5.47. The molecule has 0 aromatic heterocycles. The molecule has 110 valence electrons. The highest BCUT2D eigenvalue weighted by atomic mass is 35.5. The van der Waals surface area contributed by atoms with Crippen LogP contribution >= 0.6 is 23.4 Å². The van der Waals surface area contributed by atoms with E-state index in [9.17, 15) is 10.1 Å². The first kappa shape index (κ1) is 15.7. The van der Waals surface area contributed by atoms with Gasteiger partial charge in [-0.1, -0.05) is 35.9 Å². The fourth-order valence-corrected chi connectivity index (χ4v) is 3.19. The molecule has 0 heterocycles. The van der Waals surface area contributed by atoms with Crippen molar-refractivity contribution in [3.8, 4) is 0 Å². The molecule has 6 heteroatoms. The van der Waals surface area contributed by atoms with Crippen molar-refractivity contribution in [2.45, 2.75) is 11.5 Å². The van der Waals surface area contributed by atoms with E-state index < -0.39 is 0 Å². The van der Waals surface area contributed by atoms with Crippen LogP contribution in [0.5, 0.6) is 0 Å². The maximum atomic E-state index is 11.0. The van der Waals surface area contributed by atoms with Crippen LogP contribution in [-0.4, -0.2) is 12.0 Å². The monoisotopic (exact) mass is 322 g/mol. The third-order valence-corrected chi connectivity index (χ3v) is 4.43. The zero-order chi connectivity index (χ0) is 15.2. The molecule has 0 saturated carbocycles. The summed E-state index contributed by atoms with van der Waals surface area (Å²) in [5.74, 6) is 1.48. The zero-order valence-corrected chi connectivity index (χ0v) is 13.1. The molecule has 0 unspecified atom stereocenters. The molecule has 0 atom stereocenters. The highest BCUT2D eigenvalue weighted by Gasteiger charge is 2.13. The Morgan fingerprint density at radius 1 is 1.24 bits per heavy atom. The molecule has 2 rings (SSSR count). The van der Waals surface area contributed by atoms with Crippen molar-refractivity contribution in [2.75, 3.05) is 12.4 Å². The summed E-state index contributed by atoms with van der Waals surface area (Å²) in [6.07, 6.45) is 0. The Bertz CT molecular complexity index is 649. The lowest BCUT2D eigenvalue weighted by atomic mass is 10.2. The van der Waals surface area contributed by atoms with Crippen LogP contribution < -0.4 is 5.32 Å². The van der Waals surface area contributed by atoms with Crippen molar-refractivity contribution in [1.29, 1.82) is 0 Å². The van der Waals surface area contributed by atoms with E-state index in [0.29, 0.717) is 11.4 Å². The minimum Gasteiger partial charge on any atom is -0.383 e. The van der Waals surface area contributed by atoms with Gasteiger partial charge >= 0.3 is 0 Å². The van der Waals surface area contributed by atoms with Crippen molar-refractivity contribution in [1.82, 2.24) is 0 Å². The van der Waals surface area contributed by atoms with Crippen molar-refractivity contribution in [2.24, 2.45) is 0 Å². The molecule has 2 aromatic carbocycles. The van der Waals surface area contributed by atoms with E-state index in [2.05, 4.69) is 5.32 Å². The Balaban J connectivity index is 2.02. The maximum Gasteiger partial charge on any atom is 0.292 e. The van der Waals surface area contributed by atoms with Gasteiger partial charge in [-0.3, -0.25) is 10.1 Å². The smallest absolute Gasteiger partial charge is 0.292 e. The van der Waals surface area contributed by atoms with E-state index in [-0.39, 0.29) is 10.6 Å². The van der Waals surface area contributed by atoms with Crippen molar-refractivity contribution < 1.29 is 4.92 Å². The van der Waals surface area contributed by atoms with Crippen LogP contribution in [-0.2, 0) is 11.5 Å². The van der Waals surface area contributed by atoms with Gasteiger partial charge < -0.3 is 5.32 Å². The van der Waals surface area contributed by atoms with Gasteiger partial charge in [-0.15, -0.1) is 0 Å². The molecule has 0 aliphatic rings. The predicted molar refractivity (Wildman–Crippen MR) is 89.1 cm³/mol. The highest BCUT2D eigenvalue weighted by Crippen LogP contribution is 2.28. The SMILES string of the molecule is CNc1ccc(CSCc2ccccc2Cl)cc1[N+](=O)[O-]. The number of rotatable bonds is 6. The molecule has 0 bridgehead atoms. The second kappa shape index (κ2) is 7.33. The average molecular weight is 323 g/mol. The van der Waals surface area contributed by atoms with Crippen LogP contribution in [0.25, 0.3) is 0 Å². The highest BCUT2D eigenvalue weighted by molar-refractivity contribution is 7.97. The molecule has 0 spiro atoms. The van der Waals surface area contributed by atoms with E-state index in [1.54, 1.807) is 30.9 Å². The molecule has 4 nitrogen and oxygen atoms in total. The molecule has 1 N–H and O–H groups in total. The van der Waals surface area contributed by atoms with E-state index in [1.807, 2.05) is 30.3 Å². The van der Waals surface area contributed by atoms with E-state index in [4.69, 9.17) is 11.6 Å². The quantitative estimate of drug-likeness (QED) is 0.617. The summed E-state index contributed by atoms with van der Waals surface area (Å²) < 4.78 is 0. The van der Waals surface area contributed by atoms with Gasteiger partial charge in [-0.2, -0.15) is 11.8 Å². The minimum atomic E-state index is -0.367. The predicted octanol–water partition coefficient (Wildman–Crippen LogP) is 4.72. The maximum absolute atomic E-state index is 11.0. The Hall–Kier alpha value is -1.72. The summed E-state index contributed by atoms with van der Waals surface area (Å²) in [5.41, 5.74) is 2.64. The van der Waals surface area contributed by atoms with E-state index >= 15 is 0 Å². The van der Waals surface area contributed by atoms with Crippen LogP contribution in [0.2, 0.25) is 5.02 Å². The van der Waals surface area contributed by atoms with Crippen molar-refractivity contribution >= 4 is 34.7 Å². The van der Waals surface area contributed by atoms with Gasteiger partial charge in [0.05, 0.1) is 4.92 Å². The zero-order valence-electron chi connectivity index (χ0n) is 11.5. The van der Waals surface area contributed by atoms with Gasteiger partial charge in [0.2, 0.25) is 0 Å². The largest absolute Gasteiger partial charge is 0.383 e. The number of nitro benzene ring substituents is 1. The second-order valence-electron chi connectivity index (χ2n) is 4.44. The van der Waals surface area contributed by atoms with Crippen LogP contribution in [0.4, 0.5) is 11.4 Å². The first-order valence-electron chi connectivity index (χ1n) is 6.38. The average Bonchev–Trinajstić information content (AvgIpc) is 2.49. The van der Waals surface area contributed by atoms with Crippen molar-refractivity contribution in [3.63, 3.8) is 0 Å². The summed E-state index contributed by atoms with van der Waals surface area (Å²) in [7, 11) is 1.67. The van der Waals surface area contributed by atoms with Crippen LogP contribution in [0.3, 0.4) is 0 Å². The fraction of sp³-hybridized carbons (Fsp3) is 0.200. The number of nitrogens with zero attached hydrogens (tertiary/aromatic N) is 1. The van der Waals surface area contributed by atoms with Crippen molar-refractivity contribution in [3.05, 3.63) is 68.7 Å². The standard InChI is InChI=1S/C15H15ClN2O2S/c1-17-14-7-6-11(8-15(14)18(19)20)9-21-10-12-4-2-3-5-13(12)16/h2-8,17H,9-10H2,1H3. The van der Waals surface area contributed by atoms with Gasteiger partial charge in [-0.25, -0.2) is 0 Å². The Morgan fingerprint density at radius 3 is 2.67 bits per heavy atom. The van der Waals surface area contributed by atoms with E-state index in [0.717, 1.165) is 21.9 Å². The molecule has 0 fully saturated rings. The van der Waals surface area contributed by atoms with Crippen LogP contribution in [0.15, 0.2) is 42.5 Å². The summed E-state index contributed by atoms with van der Waals surface area (Å²) in [5, 5.41) is 14.6. The lowest BCUT2D eigenvalue weighted by Gasteiger charge is -2.06. The van der Waals surface area contributed by atoms with E-state index in [1.165, 1.54) is 0 Å². The van der Waals surface area contributed by atoms with Gasteiger partial charge in [-0.05, 0) is 23.3 Å². The fourth-order valence-electron chi connectivity index (χ4n) is 1.92. The number of anilines is 1. The third-order valence-electron chi connectivity index (χ3n) is 3.01. The van der Waals surface area contributed by atoms with Gasteiger partial charge in [0.1, 0.15) is 5.69 Å². The molecule has 0 radical (unpaired) electrons. The number of nitrogens with one attached hydrogen (secondary N) is 1. The molecule has 2 aromatic rings. The molecular formula is C15H15ClN2O2S. The minimum absolute atomic E-state index is 0.105. The Labute approximate surface area is 132 Å². The number of thioether (sulfide) groups is 1. The number of hydrogen-bond donors (Lipinski definition) is 1. The summed E-state index contributed by atoms with van der Waals surface area (Å²) in [6, 6.07) is 13.0. The number of hydrogen-bond acceptors (Lipinski definition) is 4. The van der Waals surface area contributed by atoms with Crippen LogP contribution in [0, 0.1) is 10.1 Å².